The number of guanidine groups is 1. The molecule has 7 nitrogen and oxygen atoms in total. The molecule has 2 aliphatic heterocycles. The second-order valence-electron chi connectivity index (χ2n) is 6.71. The van der Waals surface area contributed by atoms with Crippen LogP contribution >= 0.6 is 0 Å². The van der Waals surface area contributed by atoms with Crippen LogP contribution in [0, 0.1) is 12.8 Å². The molecule has 1 aromatic heterocycles. The van der Waals surface area contributed by atoms with Gasteiger partial charge in [-0.2, -0.15) is 5.10 Å². The Kier molecular flexibility index (Phi) is 6.09. The Bertz CT molecular complexity index is 529. The van der Waals surface area contributed by atoms with Crippen molar-refractivity contribution >= 4 is 5.96 Å². The summed E-state index contributed by atoms with van der Waals surface area (Å²) in [5.74, 6) is 1.74. The van der Waals surface area contributed by atoms with E-state index < -0.39 is 0 Å². The Hall–Kier alpha value is -1.60. The van der Waals surface area contributed by atoms with Gasteiger partial charge in [-0.3, -0.25) is 10.00 Å². The number of H-pyrrole nitrogens is 1. The molecule has 2 fully saturated rings. The van der Waals surface area contributed by atoms with Gasteiger partial charge in [0.1, 0.15) is 0 Å². The lowest BCUT2D eigenvalue weighted by Gasteiger charge is -2.37. The van der Waals surface area contributed by atoms with Crippen molar-refractivity contribution in [1.82, 2.24) is 25.3 Å². The Morgan fingerprint density at radius 2 is 2.25 bits per heavy atom. The summed E-state index contributed by atoms with van der Waals surface area (Å²) in [5, 5.41) is 10.5. The summed E-state index contributed by atoms with van der Waals surface area (Å²) in [6.45, 7) is 13.0. The Labute approximate surface area is 144 Å². The maximum atomic E-state index is 5.49. The molecule has 0 aromatic carbocycles. The van der Waals surface area contributed by atoms with Gasteiger partial charge in [-0.15, -0.1) is 0 Å². The van der Waals surface area contributed by atoms with Crippen LogP contribution in [0.25, 0.3) is 0 Å². The zero-order valence-electron chi connectivity index (χ0n) is 14.9. The highest BCUT2D eigenvalue weighted by Gasteiger charge is 2.24. The minimum atomic E-state index is 0.671. The van der Waals surface area contributed by atoms with E-state index in [0.717, 1.165) is 69.1 Å². The molecule has 0 saturated carbocycles. The fraction of sp³-hybridized carbons (Fsp3) is 0.765. The average Bonchev–Trinajstić information content (AvgIpc) is 3.24. The van der Waals surface area contributed by atoms with Crippen LogP contribution < -0.4 is 5.32 Å². The molecule has 3 rings (SSSR count). The van der Waals surface area contributed by atoms with E-state index in [2.05, 4.69) is 32.2 Å². The number of nitrogens with one attached hydrogen (secondary N) is 2. The maximum Gasteiger partial charge on any atom is 0.194 e. The number of nitrogens with zero attached hydrogens (tertiary/aromatic N) is 4. The van der Waals surface area contributed by atoms with Crippen LogP contribution in [-0.2, 0) is 11.3 Å². The number of hydrogen-bond donors (Lipinski definition) is 2. The van der Waals surface area contributed by atoms with Gasteiger partial charge >= 0.3 is 0 Å². The van der Waals surface area contributed by atoms with Crippen LogP contribution in [-0.4, -0.2) is 78.4 Å². The first-order valence-corrected chi connectivity index (χ1v) is 9.08. The number of aromatic nitrogens is 2. The van der Waals surface area contributed by atoms with Crippen LogP contribution in [0.3, 0.4) is 0 Å². The lowest BCUT2D eigenvalue weighted by atomic mass is 10.1. The van der Waals surface area contributed by atoms with Crippen molar-refractivity contribution < 1.29 is 4.74 Å². The van der Waals surface area contributed by atoms with Gasteiger partial charge in [0.05, 0.1) is 19.3 Å². The first-order valence-electron chi connectivity index (χ1n) is 9.08. The summed E-state index contributed by atoms with van der Waals surface area (Å²) in [6.07, 6.45) is 3.08. The monoisotopic (exact) mass is 334 g/mol. The largest absolute Gasteiger partial charge is 0.381 e. The third-order valence-electron chi connectivity index (χ3n) is 4.88. The predicted molar refractivity (Wildman–Crippen MR) is 95.1 cm³/mol. The Balaban J connectivity index is 1.52. The summed E-state index contributed by atoms with van der Waals surface area (Å²) >= 11 is 0. The molecule has 0 spiro atoms. The molecular weight excluding hydrogens is 304 g/mol. The molecule has 0 amide bonds. The van der Waals surface area contributed by atoms with E-state index in [0.29, 0.717) is 6.54 Å². The number of aryl methyl sites for hydroxylation is 1. The number of hydrogen-bond acceptors (Lipinski definition) is 4. The van der Waals surface area contributed by atoms with Crippen LogP contribution in [0.4, 0.5) is 0 Å². The Morgan fingerprint density at radius 1 is 1.42 bits per heavy atom. The molecule has 3 heterocycles. The van der Waals surface area contributed by atoms with Crippen molar-refractivity contribution in [1.29, 1.82) is 0 Å². The molecule has 7 heteroatoms. The Morgan fingerprint density at radius 3 is 2.88 bits per heavy atom. The van der Waals surface area contributed by atoms with E-state index in [1.807, 2.05) is 13.1 Å². The molecule has 0 aliphatic carbocycles. The fourth-order valence-electron chi connectivity index (χ4n) is 3.36. The minimum absolute atomic E-state index is 0.671. The van der Waals surface area contributed by atoms with E-state index in [1.165, 1.54) is 13.0 Å². The van der Waals surface area contributed by atoms with Gasteiger partial charge in [0.25, 0.3) is 0 Å². The molecule has 2 N–H and O–H groups in total. The quantitative estimate of drug-likeness (QED) is 0.617. The number of rotatable bonds is 5. The van der Waals surface area contributed by atoms with Gasteiger partial charge in [-0.1, -0.05) is 0 Å². The van der Waals surface area contributed by atoms with Crippen molar-refractivity contribution in [3.8, 4) is 0 Å². The van der Waals surface area contributed by atoms with E-state index in [4.69, 9.17) is 9.73 Å². The number of aliphatic imine (C=N–C) groups is 1. The first kappa shape index (κ1) is 17.2. The van der Waals surface area contributed by atoms with Crippen LogP contribution in [0.2, 0.25) is 0 Å². The van der Waals surface area contributed by atoms with E-state index >= 15 is 0 Å². The second-order valence-corrected chi connectivity index (χ2v) is 6.71. The predicted octanol–water partition coefficient (Wildman–Crippen LogP) is 0.838. The smallest absolute Gasteiger partial charge is 0.194 e. The summed E-state index contributed by atoms with van der Waals surface area (Å²) in [6, 6.07) is 0. The number of aromatic amines is 1. The topological polar surface area (TPSA) is 68.8 Å². The van der Waals surface area contributed by atoms with E-state index in [9.17, 15) is 0 Å². The highest BCUT2D eigenvalue weighted by Crippen LogP contribution is 2.15. The van der Waals surface area contributed by atoms with Crippen molar-refractivity contribution in [2.75, 3.05) is 52.5 Å². The van der Waals surface area contributed by atoms with Gasteiger partial charge in [-0.05, 0) is 26.2 Å². The zero-order valence-corrected chi connectivity index (χ0v) is 14.9. The summed E-state index contributed by atoms with van der Waals surface area (Å²) in [5.41, 5.74) is 2.25. The molecule has 1 unspecified atom stereocenters. The lowest BCUT2D eigenvalue weighted by molar-refractivity contribution is 0.139. The number of ether oxygens (including phenoxy) is 1. The van der Waals surface area contributed by atoms with E-state index in [-0.39, 0.29) is 0 Å². The SMILES string of the molecule is CCNC(=NCc1cn[nH]c1C)N1CCN(CC2CCOC2)CC1. The molecule has 2 saturated heterocycles. The number of piperazine rings is 1. The van der Waals surface area contributed by atoms with E-state index in [1.54, 1.807) is 0 Å². The minimum Gasteiger partial charge on any atom is -0.381 e. The summed E-state index contributed by atoms with van der Waals surface area (Å²) in [4.78, 5) is 9.75. The zero-order chi connectivity index (χ0) is 16.8. The highest BCUT2D eigenvalue weighted by atomic mass is 16.5. The van der Waals surface area contributed by atoms with Crippen molar-refractivity contribution in [2.45, 2.75) is 26.8 Å². The fourth-order valence-corrected chi connectivity index (χ4v) is 3.36. The molecule has 1 atom stereocenters. The van der Waals surface area contributed by atoms with Crippen LogP contribution in [0.1, 0.15) is 24.6 Å². The third kappa shape index (κ3) is 4.48. The van der Waals surface area contributed by atoms with Gasteiger partial charge < -0.3 is 15.0 Å². The normalized spacial score (nSPS) is 23.0. The standard InChI is InChI=1S/C17H30N6O/c1-3-18-17(19-10-16-11-20-21-14(16)2)23-7-5-22(6-8-23)12-15-4-9-24-13-15/h11,15H,3-10,12-13H2,1-2H3,(H,18,19)(H,20,21). The van der Waals surface area contributed by atoms with Gasteiger partial charge in [-0.25, -0.2) is 4.99 Å². The van der Waals surface area contributed by atoms with Crippen LogP contribution in [0.5, 0.6) is 0 Å². The average molecular weight is 334 g/mol. The van der Waals surface area contributed by atoms with Gasteiger partial charge in [0.15, 0.2) is 5.96 Å². The molecule has 1 aromatic rings. The molecule has 0 radical (unpaired) electrons. The first-order chi connectivity index (χ1) is 11.8. The molecule has 2 aliphatic rings. The third-order valence-corrected chi connectivity index (χ3v) is 4.88. The maximum absolute atomic E-state index is 5.49. The molecule has 134 valence electrons. The lowest BCUT2D eigenvalue weighted by Crippen LogP contribution is -2.53. The van der Waals surface area contributed by atoms with Gasteiger partial charge in [0.2, 0.25) is 0 Å². The summed E-state index contributed by atoms with van der Waals surface area (Å²) in [7, 11) is 0. The van der Waals surface area contributed by atoms with Crippen molar-refractivity contribution in [3.05, 3.63) is 17.5 Å². The molecule has 0 bridgehead atoms. The van der Waals surface area contributed by atoms with Crippen LogP contribution in [0.15, 0.2) is 11.2 Å². The van der Waals surface area contributed by atoms with Crippen molar-refractivity contribution in [2.24, 2.45) is 10.9 Å². The second kappa shape index (κ2) is 8.48. The molecule has 24 heavy (non-hydrogen) atoms. The molecular formula is C17H30N6O. The highest BCUT2D eigenvalue weighted by molar-refractivity contribution is 5.80. The van der Waals surface area contributed by atoms with Gasteiger partial charge in [0, 0.05) is 57.1 Å². The summed E-state index contributed by atoms with van der Waals surface area (Å²) < 4.78 is 5.49. The van der Waals surface area contributed by atoms with Crippen molar-refractivity contribution in [3.63, 3.8) is 0 Å².